The Morgan fingerprint density at radius 3 is 2.79 bits per heavy atom. The van der Waals surface area contributed by atoms with Gasteiger partial charge >= 0.3 is 11.9 Å². The number of carbonyl (C=O) groups excluding carboxylic acids is 2. The minimum absolute atomic E-state index is 0.00935. The summed E-state index contributed by atoms with van der Waals surface area (Å²) in [5, 5.41) is 0. The zero-order valence-electron chi connectivity index (χ0n) is 18.5. The van der Waals surface area contributed by atoms with E-state index in [0.717, 1.165) is 38.5 Å². The van der Waals surface area contributed by atoms with Crippen LogP contribution in [0.15, 0.2) is 11.6 Å². The summed E-state index contributed by atoms with van der Waals surface area (Å²) in [4.78, 5) is 25.4. The Labute approximate surface area is 174 Å². The first-order valence-corrected chi connectivity index (χ1v) is 11.4. The maximum atomic E-state index is 12.9. The van der Waals surface area contributed by atoms with Crippen molar-refractivity contribution >= 4 is 11.9 Å². The summed E-state index contributed by atoms with van der Waals surface area (Å²) >= 11 is 0. The van der Waals surface area contributed by atoms with Crippen molar-refractivity contribution in [3.8, 4) is 0 Å². The number of esters is 2. The lowest BCUT2D eigenvalue weighted by Crippen LogP contribution is -2.54. The summed E-state index contributed by atoms with van der Waals surface area (Å²) in [6, 6.07) is 0. The van der Waals surface area contributed by atoms with E-state index in [1.807, 2.05) is 20.8 Å². The molecule has 2 saturated heterocycles. The third-order valence-corrected chi connectivity index (χ3v) is 8.07. The van der Waals surface area contributed by atoms with Gasteiger partial charge in [-0.1, -0.05) is 25.5 Å². The molecule has 0 spiro atoms. The van der Waals surface area contributed by atoms with Gasteiger partial charge in [-0.15, -0.1) is 0 Å². The Bertz CT molecular complexity index is 714. The van der Waals surface area contributed by atoms with E-state index >= 15 is 0 Å². The van der Waals surface area contributed by atoms with E-state index in [2.05, 4.69) is 19.9 Å². The van der Waals surface area contributed by atoms with Crippen LogP contribution >= 0.6 is 0 Å². The number of hydrogen-bond acceptors (Lipinski definition) is 5. The maximum absolute atomic E-state index is 12.9. The van der Waals surface area contributed by atoms with Crippen LogP contribution in [0.3, 0.4) is 0 Å². The van der Waals surface area contributed by atoms with E-state index in [4.69, 9.17) is 14.2 Å². The van der Waals surface area contributed by atoms with Gasteiger partial charge < -0.3 is 14.2 Å². The van der Waals surface area contributed by atoms with E-state index in [1.165, 1.54) is 5.57 Å². The van der Waals surface area contributed by atoms with Crippen LogP contribution in [0.1, 0.15) is 79.6 Å². The molecular weight excluding hydrogens is 368 g/mol. The first-order chi connectivity index (χ1) is 13.7. The van der Waals surface area contributed by atoms with E-state index in [-0.39, 0.29) is 47.8 Å². The Balaban J connectivity index is 1.79. The fourth-order valence-electron chi connectivity index (χ4n) is 6.60. The zero-order valence-corrected chi connectivity index (χ0v) is 18.5. The monoisotopic (exact) mass is 404 g/mol. The fourth-order valence-corrected chi connectivity index (χ4v) is 6.60. The molecule has 4 rings (SSSR count). The van der Waals surface area contributed by atoms with Gasteiger partial charge in [0.2, 0.25) is 0 Å². The standard InChI is InChI=1S/C24H36O5/c1-6-8-18(25)28-23(4)12-10-16-15(3)22(26)29-24(5)11-7-9-14(2)13-17-20(23)19(16)21(24)27-17/h9,15-17,19-21H,6-8,10-13H2,1-5H3/b14-9+/t15-,16-,17-,19+,20+,21-,23-,24-/m1/s1. The molecule has 5 heteroatoms. The largest absolute Gasteiger partial charge is 0.459 e. The molecule has 1 saturated carbocycles. The molecule has 1 aliphatic carbocycles. The third kappa shape index (κ3) is 3.43. The van der Waals surface area contributed by atoms with Crippen molar-refractivity contribution in [2.75, 3.05) is 0 Å². The summed E-state index contributed by atoms with van der Waals surface area (Å²) in [5.74, 6) is 0.102. The summed E-state index contributed by atoms with van der Waals surface area (Å²) in [5.41, 5.74) is 0.117. The molecule has 162 valence electrons. The molecule has 0 radical (unpaired) electrons. The number of rotatable bonds is 3. The Morgan fingerprint density at radius 2 is 2.07 bits per heavy atom. The molecule has 0 aromatic heterocycles. The van der Waals surface area contributed by atoms with Crippen molar-refractivity contribution in [1.82, 2.24) is 0 Å². The van der Waals surface area contributed by atoms with E-state index in [9.17, 15) is 9.59 Å². The Hall–Kier alpha value is -1.36. The SMILES string of the molecule is CCCC(=O)O[C@]1(C)CC[C@H]2[C@H]3[C@@H]1[C@H]1C/C(C)=C/CC[C@@](C)(OC(=O)[C@@H]2C)[C@@H]3O1. The quantitative estimate of drug-likeness (QED) is 0.509. The van der Waals surface area contributed by atoms with Crippen molar-refractivity contribution in [2.45, 2.75) is 103 Å². The summed E-state index contributed by atoms with van der Waals surface area (Å²) in [6.07, 6.45) is 7.49. The lowest BCUT2D eigenvalue weighted by molar-refractivity contribution is -0.181. The number of carbonyl (C=O) groups is 2. The van der Waals surface area contributed by atoms with Crippen molar-refractivity contribution in [1.29, 1.82) is 0 Å². The molecule has 0 aromatic rings. The van der Waals surface area contributed by atoms with Crippen LogP contribution in [0.25, 0.3) is 0 Å². The van der Waals surface area contributed by atoms with Crippen LogP contribution in [0.2, 0.25) is 0 Å². The van der Waals surface area contributed by atoms with Gasteiger partial charge in [0.25, 0.3) is 0 Å². The Kier molecular flexibility index (Phi) is 5.33. The fraction of sp³-hybridized carbons (Fsp3) is 0.833. The van der Waals surface area contributed by atoms with Gasteiger partial charge in [-0.25, -0.2) is 0 Å². The second-order valence-corrected chi connectivity index (χ2v) is 10.3. The second-order valence-electron chi connectivity index (χ2n) is 10.3. The van der Waals surface area contributed by atoms with E-state index in [0.29, 0.717) is 6.42 Å². The average Bonchev–Trinajstić information content (AvgIpc) is 3.01. The molecule has 8 atom stereocenters. The molecule has 3 aliphatic heterocycles. The van der Waals surface area contributed by atoms with Crippen molar-refractivity contribution < 1.29 is 23.8 Å². The highest BCUT2D eigenvalue weighted by Gasteiger charge is 2.66. The highest BCUT2D eigenvalue weighted by molar-refractivity contribution is 5.73. The van der Waals surface area contributed by atoms with Crippen molar-refractivity contribution in [3.05, 3.63) is 11.6 Å². The minimum Gasteiger partial charge on any atom is -0.459 e. The highest BCUT2D eigenvalue weighted by atomic mass is 16.6. The lowest BCUT2D eigenvalue weighted by atomic mass is 9.58. The van der Waals surface area contributed by atoms with Gasteiger partial charge in [-0.3, -0.25) is 9.59 Å². The van der Waals surface area contributed by atoms with Gasteiger partial charge in [-0.05, 0) is 65.2 Å². The molecule has 0 unspecified atom stereocenters. The van der Waals surface area contributed by atoms with Crippen LogP contribution in [0, 0.1) is 23.7 Å². The molecule has 0 amide bonds. The summed E-state index contributed by atoms with van der Waals surface area (Å²) in [6.45, 7) is 10.3. The first-order valence-electron chi connectivity index (χ1n) is 11.4. The average molecular weight is 405 g/mol. The van der Waals surface area contributed by atoms with Crippen LogP contribution in [0.5, 0.6) is 0 Å². The van der Waals surface area contributed by atoms with Gasteiger partial charge in [-0.2, -0.15) is 0 Å². The molecule has 3 heterocycles. The van der Waals surface area contributed by atoms with Crippen molar-refractivity contribution in [2.24, 2.45) is 23.7 Å². The normalized spacial score (nSPS) is 48.3. The highest BCUT2D eigenvalue weighted by Crippen LogP contribution is 2.59. The van der Waals surface area contributed by atoms with Gasteiger partial charge in [0.1, 0.15) is 17.3 Å². The minimum atomic E-state index is -0.634. The molecule has 29 heavy (non-hydrogen) atoms. The summed E-state index contributed by atoms with van der Waals surface area (Å²) in [7, 11) is 0. The molecule has 3 fully saturated rings. The zero-order chi connectivity index (χ0) is 21.0. The molecule has 0 N–H and O–H groups in total. The van der Waals surface area contributed by atoms with E-state index < -0.39 is 11.2 Å². The van der Waals surface area contributed by atoms with Crippen LogP contribution in [0.4, 0.5) is 0 Å². The second kappa shape index (κ2) is 7.40. The molecule has 2 bridgehead atoms. The summed E-state index contributed by atoms with van der Waals surface area (Å²) < 4.78 is 19.0. The van der Waals surface area contributed by atoms with Gasteiger partial charge in [0.05, 0.1) is 12.0 Å². The number of hydrogen-bond donors (Lipinski definition) is 0. The first kappa shape index (κ1) is 20.9. The van der Waals surface area contributed by atoms with Crippen LogP contribution in [-0.2, 0) is 23.8 Å². The third-order valence-electron chi connectivity index (χ3n) is 8.07. The van der Waals surface area contributed by atoms with Gasteiger partial charge in [0.15, 0.2) is 0 Å². The predicted octanol–water partition coefficient (Wildman–Crippen LogP) is 4.58. The maximum Gasteiger partial charge on any atom is 0.309 e. The van der Waals surface area contributed by atoms with E-state index in [1.54, 1.807) is 0 Å². The predicted molar refractivity (Wildman–Crippen MR) is 109 cm³/mol. The van der Waals surface area contributed by atoms with Gasteiger partial charge in [0, 0.05) is 18.3 Å². The number of fused-ring (bicyclic) bond motifs is 2. The van der Waals surface area contributed by atoms with Crippen LogP contribution < -0.4 is 0 Å². The molecule has 4 aliphatic rings. The number of allylic oxidation sites excluding steroid dienone is 1. The molecular formula is C24H36O5. The smallest absolute Gasteiger partial charge is 0.309 e. The molecule has 0 aromatic carbocycles. The van der Waals surface area contributed by atoms with Crippen molar-refractivity contribution in [3.63, 3.8) is 0 Å². The Morgan fingerprint density at radius 1 is 1.31 bits per heavy atom. The number of ether oxygens (including phenoxy) is 3. The van der Waals surface area contributed by atoms with Crippen LogP contribution in [-0.4, -0.2) is 35.3 Å². The topological polar surface area (TPSA) is 61.8 Å². The molecule has 5 nitrogen and oxygen atoms in total. The lowest BCUT2D eigenvalue weighted by Gasteiger charge is -2.48.